The van der Waals surface area contributed by atoms with Crippen LogP contribution >= 0.6 is 0 Å². The van der Waals surface area contributed by atoms with Crippen molar-refractivity contribution in [1.82, 2.24) is 20.0 Å². The average molecular weight is 343 g/mol. The maximum absolute atomic E-state index is 13.0. The van der Waals surface area contributed by atoms with E-state index in [1.54, 1.807) is 6.20 Å². The van der Waals surface area contributed by atoms with Gasteiger partial charge in [-0.3, -0.25) is 0 Å². The molecular formula is C19H26FN5. The molecule has 1 aliphatic rings. The van der Waals surface area contributed by atoms with Gasteiger partial charge in [-0.15, -0.1) is 5.10 Å². The predicted octanol–water partition coefficient (Wildman–Crippen LogP) is 2.26. The largest absolute Gasteiger partial charge is 0.354 e. The summed E-state index contributed by atoms with van der Waals surface area (Å²) in [6.07, 6.45) is 2.85. The standard InChI is InChI=1S/C19H26FN5/c1-23(16-17-5-7-18(20)8-6-17)12-13-24-10-3-11-25(15-14-24)19-4-2-9-21-22-19/h2,4-9H,3,10-16H2,1H3. The van der Waals surface area contributed by atoms with Crippen molar-refractivity contribution in [2.75, 3.05) is 51.2 Å². The summed E-state index contributed by atoms with van der Waals surface area (Å²) in [7, 11) is 2.12. The van der Waals surface area contributed by atoms with Crippen LogP contribution in [0.25, 0.3) is 0 Å². The lowest BCUT2D eigenvalue weighted by Gasteiger charge is -2.24. The van der Waals surface area contributed by atoms with Crippen molar-refractivity contribution in [3.8, 4) is 0 Å². The summed E-state index contributed by atoms with van der Waals surface area (Å²) in [5, 5.41) is 8.20. The number of aromatic nitrogens is 2. The average Bonchev–Trinajstić information content (AvgIpc) is 2.88. The Bertz CT molecular complexity index is 634. The summed E-state index contributed by atoms with van der Waals surface area (Å²) in [5.41, 5.74) is 1.15. The molecule has 0 N–H and O–H groups in total. The fourth-order valence-electron chi connectivity index (χ4n) is 3.18. The molecule has 25 heavy (non-hydrogen) atoms. The zero-order valence-corrected chi connectivity index (χ0v) is 14.8. The molecule has 1 aromatic heterocycles. The minimum Gasteiger partial charge on any atom is -0.354 e. The molecule has 0 saturated carbocycles. The second-order valence-electron chi connectivity index (χ2n) is 6.63. The number of benzene rings is 1. The van der Waals surface area contributed by atoms with Crippen molar-refractivity contribution >= 4 is 5.82 Å². The maximum Gasteiger partial charge on any atom is 0.151 e. The van der Waals surface area contributed by atoms with Gasteiger partial charge >= 0.3 is 0 Å². The summed E-state index contributed by atoms with van der Waals surface area (Å²) in [4.78, 5) is 7.12. The molecule has 134 valence electrons. The van der Waals surface area contributed by atoms with Gasteiger partial charge in [0.1, 0.15) is 5.82 Å². The maximum atomic E-state index is 13.0. The van der Waals surface area contributed by atoms with Gasteiger partial charge in [0, 0.05) is 45.5 Å². The molecule has 0 atom stereocenters. The van der Waals surface area contributed by atoms with Gasteiger partial charge in [-0.05, 0) is 49.8 Å². The normalized spacial score (nSPS) is 16.2. The van der Waals surface area contributed by atoms with Gasteiger partial charge in [-0.1, -0.05) is 12.1 Å². The Labute approximate surface area is 149 Å². The molecule has 0 aliphatic carbocycles. The lowest BCUT2D eigenvalue weighted by molar-refractivity contribution is 0.231. The first-order chi connectivity index (χ1) is 12.2. The van der Waals surface area contributed by atoms with Gasteiger partial charge in [0.2, 0.25) is 0 Å². The van der Waals surface area contributed by atoms with Crippen molar-refractivity contribution in [3.05, 3.63) is 54.0 Å². The van der Waals surface area contributed by atoms with Crippen molar-refractivity contribution in [3.63, 3.8) is 0 Å². The highest BCUT2D eigenvalue weighted by Gasteiger charge is 2.16. The molecule has 1 aliphatic heterocycles. The number of halogens is 1. The highest BCUT2D eigenvalue weighted by Crippen LogP contribution is 2.12. The first-order valence-corrected chi connectivity index (χ1v) is 8.89. The number of nitrogens with zero attached hydrogens (tertiary/aromatic N) is 5. The fourth-order valence-corrected chi connectivity index (χ4v) is 3.18. The Hall–Kier alpha value is -2.05. The van der Waals surface area contributed by atoms with Gasteiger partial charge < -0.3 is 14.7 Å². The van der Waals surface area contributed by atoms with Crippen molar-refractivity contribution < 1.29 is 4.39 Å². The Morgan fingerprint density at radius 2 is 1.92 bits per heavy atom. The third kappa shape index (κ3) is 5.47. The molecule has 1 fully saturated rings. The second-order valence-corrected chi connectivity index (χ2v) is 6.63. The van der Waals surface area contributed by atoms with Crippen LogP contribution in [0.1, 0.15) is 12.0 Å². The molecule has 2 aromatic rings. The van der Waals surface area contributed by atoms with Gasteiger partial charge in [-0.2, -0.15) is 5.10 Å². The highest BCUT2D eigenvalue weighted by atomic mass is 19.1. The Balaban J connectivity index is 1.43. The van der Waals surface area contributed by atoms with Crippen LogP contribution in [0.5, 0.6) is 0 Å². The van der Waals surface area contributed by atoms with E-state index in [4.69, 9.17) is 0 Å². The van der Waals surface area contributed by atoms with Gasteiger partial charge in [-0.25, -0.2) is 4.39 Å². The molecule has 3 rings (SSSR count). The summed E-state index contributed by atoms with van der Waals surface area (Å²) in [5.74, 6) is 0.793. The zero-order valence-electron chi connectivity index (χ0n) is 14.8. The summed E-state index contributed by atoms with van der Waals surface area (Å²) in [6, 6.07) is 10.7. The van der Waals surface area contributed by atoms with Crippen molar-refractivity contribution in [2.24, 2.45) is 0 Å². The predicted molar refractivity (Wildman–Crippen MR) is 98.0 cm³/mol. The molecule has 5 nitrogen and oxygen atoms in total. The molecule has 0 unspecified atom stereocenters. The fraction of sp³-hybridized carbons (Fsp3) is 0.474. The lowest BCUT2D eigenvalue weighted by Crippen LogP contribution is -2.36. The quantitative estimate of drug-likeness (QED) is 0.804. The van der Waals surface area contributed by atoms with E-state index in [0.29, 0.717) is 0 Å². The van der Waals surface area contributed by atoms with Gasteiger partial charge in [0.25, 0.3) is 0 Å². The summed E-state index contributed by atoms with van der Waals surface area (Å²) in [6.45, 7) is 7.07. The Morgan fingerprint density at radius 3 is 2.68 bits per heavy atom. The molecule has 2 heterocycles. The third-order valence-corrected chi connectivity index (χ3v) is 4.63. The van der Waals surface area contributed by atoms with Crippen molar-refractivity contribution in [1.29, 1.82) is 0 Å². The number of rotatable bonds is 6. The lowest BCUT2D eigenvalue weighted by atomic mass is 10.2. The van der Waals surface area contributed by atoms with Crippen LogP contribution in [0.15, 0.2) is 42.6 Å². The monoisotopic (exact) mass is 343 g/mol. The smallest absolute Gasteiger partial charge is 0.151 e. The van der Waals surface area contributed by atoms with Crippen LogP contribution < -0.4 is 4.90 Å². The Kier molecular flexibility index (Phi) is 6.30. The molecule has 1 saturated heterocycles. The topological polar surface area (TPSA) is 35.5 Å². The van der Waals surface area contributed by atoms with E-state index in [0.717, 1.165) is 63.6 Å². The summed E-state index contributed by atoms with van der Waals surface area (Å²) < 4.78 is 13.0. The molecule has 0 bridgehead atoms. The molecule has 1 aromatic carbocycles. The van der Waals surface area contributed by atoms with Crippen LogP contribution in [0.4, 0.5) is 10.2 Å². The zero-order chi connectivity index (χ0) is 17.5. The third-order valence-electron chi connectivity index (χ3n) is 4.63. The van der Waals surface area contributed by atoms with Crippen LogP contribution in [0.2, 0.25) is 0 Å². The molecule has 0 radical (unpaired) electrons. The van der Waals surface area contributed by atoms with Crippen LogP contribution in [-0.4, -0.2) is 66.3 Å². The van der Waals surface area contributed by atoms with Crippen LogP contribution in [0.3, 0.4) is 0 Å². The highest BCUT2D eigenvalue weighted by molar-refractivity contribution is 5.36. The van der Waals surface area contributed by atoms with Crippen LogP contribution in [-0.2, 0) is 6.54 Å². The van der Waals surface area contributed by atoms with Gasteiger partial charge in [0.05, 0.1) is 0 Å². The van der Waals surface area contributed by atoms with E-state index in [2.05, 4.69) is 31.9 Å². The first-order valence-electron chi connectivity index (χ1n) is 8.89. The minimum atomic E-state index is -0.177. The summed E-state index contributed by atoms with van der Waals surface area (Å²) >= 11 is 0. The van der Waals surface area contributed by atoms with E-state index >= 15 is 0 Å². The van der Waals surface area contributed by atoms with Crippen LogP contribution in [0, 0.1) is 5.82 Å². The number of hydrogen-bond donors (Lipinski definition) is 0. The molecule has 6 heteroatoms. The second kappa shape index (κ2) is 8.87. The molecule has 0 amide bonds. The van der Waals surface area contributed by atoms with E-state index in [9.17, 15) is 4.39 Å². The minimum absolute atomic E-state index is 0.177. The van der Waals surface area contributed by atoms with E-state index in [-0.39, 0.29) is 5.82 Å². The SMILES string of the molecule is CN(CCN1CCCN(c2cccnn2)CC1)Cc1ccc(F)cc1. The number of hydrogen-bond acceptors (Lipinski definition) is 5. The van der Waals surface area contributed by atoms with E-state index < -0.39 is 0 Å². The molecule has 0 spiro atoms. The van der Waals surface area contributed by atoms with Crippen molar-refractivity contribution in [2.45, 2.75) is 13.0 Å². The molecular weight excluding hydrogens is 317 g/mol. The van der Waals surface area contributed by atoms with Gasteiger partial charge in [0.15, 0.2) is 5.82 Å². The number of likely N-dealkylation sites (N-methyl/N-ethyl adjacent to an activating group) is 1. The van der Waals surface area contributed by atoms with E-state index in [1.807, 2.05) is 24.3 Å². The first kappa shape index (κ1) is 17.8. The van der Waals surface area contributed by atoms with E-state index in [1.165, 1.54) is 12.1 Å². The number of anilines is 1. The Morgan fingerprint density at radius 1 is 1.08 bits per heavy atom.